The Morgan fingerprint density at radius 1 is 1.10 bits per heavy atom. The summed E-state index contributed by atoms with van der Waals surface area (Å²) >= 11 is 0. The first-order valence-corrected chi connectivity index (χ1v) is 9.75. The Labute approximate surface area is 167 Å². The highest BCUT2D eigenvalue weighted by Crippen LogP contribution is 2.47. The summed E-state index contributed by atoms with van der Waals surface area (Å²) in [6.45, 7) is 0. The maximum absolute atomic E-state index is 12.9. The number of hydrogen-bond donors (Lipinski definition) is 2. The van der Waals surface area contributed by atoms with Crippen LogP contribution in [-0.2, 0) is 15.1 Å². The second kappa shape index (κ2) is 6.84. The van der Waals surface area contributed by atoms with Crippen molar-refractivity contribution in [1.82, 2.24) is 15.2 Å². The number of nitrogens with one attached hydrogen (secondary N) is 2. The topological polar surface area (TPSA) is 97.0 Å². The second-order valence-electron chi connectivity index (χ2n) is 7.56. The smallest absolute Gasteiger partial charge is 0.358 e. The van der Waals surface area contributed by atoms with E-state index in [0.717, 1.165) is 16.8 Å². The Morgan fingerprint density at radius 3 is 2.69 bits per heavy atom. The molecule has 2 aromatic heterocycles. The number of aromatic nitrogens is 3. The molecule has 1 saturated carbocycles. The summed E-state index contributed by atoms with van der Waals surface area (Å²) in [7, 11) is 0. The van der Waals surface area contributed by atoms with Crippen LogP contribution >= 0.6 is 0 Å². The largest absolute Gasteiger partial charge is 0.449 e. The minimum absolute atomic E-state index is 0.0332. The van der Waals surface area contributed by atoms with Crippen molar-refractivity contribution in [2.45, 2.75) is 31.3 Å². The van der Waals surface area contributed by atoms with Gasteiger partial charge in [-0.25, -0.2) is 9.78 Å². The van der Waals surface area contributed by atoms with Crippen LogP contribution in [0.5, 0.6) is 0 Å². The number of fused-ring (bicyclic) bond motifs is 2. The van der Waals surface area contributed by atoms with E-state index in [9.17, 15) is 9.59 Å². The number of carbonyl (C=O) groups is 2. The molecule has 1 amide bonds. The zero-order valence-corrected chi connectivity index (χ0v) is 15.7. The highest BCUT2D eigenvalue weighted by molar-refractivity contribution is 5.96. The lowest BCUT2D eigenvalue weighted by Crippen LogP contribution is -2.36. The molecule has 146 valence electrons. The van der Waals surface area contributed by atoms with Gasteiger partial charge in [0.25, 0.3) is 0 Å². The molecule has 2 aliphatic rings. The summed E-state index contributed by atoms with van der Waals surface area (Å²) in [5, 5.41) is 10.1. The highest BCUT2D eigenvalue weighted by atomic mass is 16.6. The van der Waals surface area contributed by atoms with Crippen molar-refractivity contribution >= 4 is 17.6 Å². The van der Waals surface area contributed by atoms with E-state index in [1.165, 1.54) is 0 Å². The van der Waals surface area contributed by atoms with Gasteiger partial charge in [0.1, 0.15) is 11.3 Å². The third-order valence-electron chi connectivity index (χ3n) is 5.89. The number of esters is 1. The lowest BCUT2D eigenvalue weighted by atomic mass is 9.75. The number of benzene rings is 1. The molecule has 1 fully saturated rings. The number of carbonyl (C=O) groups excluding carboxylic acids is 2. The zero-order valence-electron chi connectivity index (χ0n) is 15.7. The molecular formula is C22H20N4O3. The van der Waals surface area contributed by atoms with Gasteiger partial charge in [-0.15, -0.1) is 0 Å². The summed E-state index contributed by atoms with van der Waals surface area (Å²) in [6.07, 6.45) is 5.83. The van der Waals surface area contributed by atoms with Crippen LogP contribution < -0.4 is 5.32 Å². The molecule has 0 radical (unpaired) electrons. The zero-order chi connectivity index (χ0) is 19.8. The van der Waals surface area contributed by atoms with Crippen molar-refractivity contribution in [2.24, 2.45) is 5.92 Å². The predicted molar refractivity (Wildman–Crippen MR) is 106 cm³/mol. The Kier molecular flexibility index (Phi) is 4.16. The van der Waals surface area contributed by atoms with Gasteiger partial charge in [0.15, 0.2) is 5.69 Å². The predicted octanol–water partition coefficient (Wildman–Crippen LogP) is 3.67. The Bertz CT molecular complexity index is 1070. The average Bonchev–Trinajstić information content (AvgIpc) is 3.32. The maximum atomic E-state index is 12.9. The molecule has 7 nitrogen and oxygen atoms in total. The van der Waals surface area contributed by atoms with Gasteiger partial charge in [-0.3, -0.25) is 9.89 Å². The molecule has 5 rings (SSSR count). The number of amides is 1. The summed E-state index contributed by atoms with van der Waals surface area (Å²) in [6, 6.07) is 13.5. The van der Waals surface area contributed by atoms with Crippen molar-refractivity contribution in [1.29, 1.82) is 0 Å². The first kappa shape index (κ1) is 17.6. The van der Waals surface area contributed by atoms with Crippen LogP contribution in [0.1, 0.15) is 41.7 Å². The number of pyridine rings is 1. The molecule has 1 aliphatic heterocycles. The Hall–Kier alpha value is -3.48. The lowest BCUT2D eigenvalue weighted by Gasteiger charge is -2.35. The van der Waals surface area contributed by atoms with E-state index < -0.39 is 5.60 Å². The molecule has 1 aromatic carbocycles. The average molecular weight is 388 g/mol. The van der Waals surface area contributed by atoms with E-state index in [2.05, 4.69) is 20.5 Å². The monoisotopic (exact) mass is 388 g/mol. The van der Waals surface area contributed by atoms with Gasteiger partial charge in [0.05, 0.1) is 5.69 Å². The standard InChI is InChI=1S/C22H20N4O3/c27-20(25-17-13-24-26-18(17)14-5-2-1-3-6-14)15-8-10-22(11-9-15)16-7-4-12-23-19(16)21(28)29-22/h1-7,12-13,15H,8-11H2,(H,24,26)(H,25,27)/t15-,22-. The third kappa shape index (κ3) is 2.99. The van der Waals surface area contributed by atoms with E-state index in [0.29, 0.717) is 37.1 Å². The molecule has 0 atom stereocenters. The van der Waals surface area contributed by atoms with Crippen LogP contribution in [0.4, 0.5) is 5.69 Å². The molecule has 2 N–H and O–H groups in total. The first-order valence-electron chi connectivity index (χ1n) is 9.75. The van der Waals surface area contributed by atoms with E-state index in [4.69, 9.17) is 4.74 Å². The molecule has 1 aliphatic carbocycles. The van der Waals surface area contributed by atoms with Gasteiger partial charge in [0, 0.05) is 29.4 Å². The van der Waals surface area contributed by atoms with Crippen LogP contribution in [0.25, 0.3) is 11.3 Å². The van der Waals surface area contributed by atoms with Gasteiger partial charge >= 0.3 is 5.97 Å². The highest BCUT2D eigenvalue weighted by Gasteiger charge is 2.49. The number of H-pyrrole nitrogens is 1. The van der Waals surface area contributed by atoms with Crippen LogP contribution in [0, 0.1) is 5.92 Å². The van der Waals surface area contributed by atoms with Crippen LogP contribution in [0.15, 0.2) is 54.9 Å². The second-order valence-corrected chi connectivity index (χ2v) is 7.56. The first-order chi connectivity index (χ1) is 14.2. The van der Waals surface area contributed by atoms with E-state index in [1.807, 2.05) is 42.5 Å². The van der Waals surface area contributed by atoms with Crippen molar-refractivity contribution in [3.63, 3.8) is 0 Å². The maximum Gasteiger partial charge on any atom is 0.358 e. The van der Waals surface area contributed by atoms with Crippen molar-refractivity contribution in [2.75, 3.05) is 5.32 Å². The molecule has 3 aromatic rings. The molecule has 3 heterocycles. The number of aromatic amines is 1. The minimum atomic E-state index is -0.637. The number of anilines is 1. The van der Waals surface area contributed by atoms with E-state index in [-0.39, 0.29) is 17.8 Å². The molecule has 0 bridgehead atoms. The summed E-state index contributed by atoms with van der Waals surface area (Å²) in [5.41, 5.74) is 2.95. The lowest BCUT2D eigenvalue weighted by molar-refractivity contribution is -0.122. The molecule has 7 heteroatoms. The molecule has 0 saturated heterocycles. The van der Waals surface area contributed by atoms with E-state index >= 15 is 0 Å². The quantitative estimate of drug-likeness (QED) is 0.668. The van der Waals surface area contributed by atoms with Gasteiger partial charge in [-0.05, 0) is 31.7 Å². The van der Waals surface area contributed by atoms with Crippen molar-refractivity contribution in [3.8, 4) is 11.3 Å². The normalized spacial score (nSPS) is 22.9. The number of ether oxygens (including phenoxy) is 1. The molecule has 29 heavy (non-hydrogen) atoms. The SMILES string of the molecule is O=C1O[C@]2(CC[C@H](C(=O)Nc3c[nH]nc3-c3ccccc3)CC2)c2cccnc21. The van der Waals surface area contributed by atoms with Crippen LogP contribution in [0.2, 0.25) is 0 Å². The summed E-state index contributed by atoms with van der Waals surface area (Å²) in [5.74, 6) is -0.540. The fourth-order valence-corrected chi connectivity index (χ4v) is 4.37. The number of nitrogens with zero attached hydrogens (tertiary/aromatic N) is 2. The Balaban J connectivity index is 1.29. The van der Waals surface area contributed by atoms with Gasteiger partial charge < -0.3 is 10.1 Å². The molecule has 1 spiro atoms. The van der Waals surface area contributed by atoms with Crippen LogP contribution in [0.3, 0.4) is 0 Å². The number of hydrogen-bond acceptors (Lipinski definition) is 5. The third-order valence-corrected chi connectivity index (χ3v) is 5.89. The number of rotatable bonds is 3. The Morgan fingerprint density at radius 2 is 1.90 bits per heavy atom. The molecular weight excluding hydrogens is 368 g/mol. The summed E-state index contributed by atoms with van der Waals surface area (Å²) in [4.78, 5) is 29.2. The minimum Gasteiger partial charge on any atom is -0.449 e. The fraction of sp³-hybridized carbons (Fsp3) is 0.273. The van der Waals surface area contributed by atoms with E-state index in [1.54, 1.807) is 12.4 Å². The van der Waals surface area contributed by atoms with Gasteiger partial charge in [0.2, 0.25) is 5.91 Å². The van der Waals surface area contributed by atoms with Crippen LogP contribution in [-0.4, -0.2) is 27.1 Å². The molecule has 0 unspecified atom stereocenters. The summed E-state index contributed by atoms with van der Waals surface area (Å²) < 4.78 is 5.72. The fourth-order valence-electron chi connectivity index (χ4n) is 4.37. The van der Waals surface area contributed by atoms with Gasteiger partial charge in [-0.1, -0.05) is 36.4 Å². The van der Waals surface area contributed by atoms with Crippen molar-refractivity contribution < 1.29 is 14.3 Å². The van der Waals surface area contributed by atoms with Crippen molar-refractivity contribution in [3.05, 3.63) is 66.1 Å². The van der Waals surface area contributed by atoms with Gasteiger partial charge in [-0.2, -0.15) is 5.10 Å².